The number of methoxy groups -OCH3 is 1. The Morgan fingerprint density at radius 2 is 1.90 bits per heavy atom. The first-order chi connectivity index (χ1) is 9.70. The number of rotatable bonds is 6. The van der Waals surface area contributed by atoms with Crippen LogP contribution in [0.1, 0.15) is 30.1 Å². The zero-order chi connectivity index (χ0) is 14.4. The van der Waals surface area contributed by atoms with Crippen molar-refractivity contribution in [2.24, 2.45) is 0 Å². The van der Waals surface area contributed by atoms with Crippen LogP contribution >= 0.6 is 0 Å². The van der Waals surface area contributed by atoms with Crippen molar-refractivity contribution in [2.45, 2.75) is 25.4 Å². The van der Waals surface area contributed by atoms with Gasteiger partial charge in [-0.15, -0.1) is 0 Å². The van der Waals surface area contributed by atoms with Gasteiger partial charge in [0.25, 0.3) is 0 Å². The zero-order valence-electron chi connectivity index (χ0n) is 11.6. The molecule has 2 rings (SSSR count). The summed E-state index contributed by atoms with van der Waals surface area (Å²) in [7, 11) is 1.49. The van der Waals surface area contributed by atoms with E-state index in [1.807, 2.05) is 18.2 Å². The van der Waals surface area contributed by atoms with E-state index in [2.05, 4.69) is 12.1 Å². The molecule has 0 fully saturated rings. The molecule has 0 spiro atoms. The maximum atomic E-state index is 13.8. The van der Waals surface area contributed by atoms with Crippen LogP contribution in [0.5, 0.6) is 5.75 Å². The summed E-state index contributed by atoms with van der Waals surface area (Å²) in [5.74, 6) is 0.0410. The van der Waals surface area contributed by atoms with Gasteiger partial charge in [0.05, 0.1) is 13.2 Å². The van der Waals surface area contributed by atoms with E-state index in [-0.39, 0.29) is 0 Å². The van der Waals surface area contributed by atoms with Crippen molar-refractivity contribution in [1.29, 1.82) is 0 Å². The number of hydrogen-bond acceptors (Lipinski definition) is 2. The van der Waals surface area contributed by atoms with E-state index < -0.39 is 11.9 Å². The second-order valence-electron chi connectivity index (χ2n) is 4.78. The summed E-state index contributed by atoms with van der Waals surface area (Å²) >= 11 is 0. The van der Waals surface area contributed by atoms with Crippen LogP contribution in [0.3, 0.4) is 0 Å². The molecule has 20 heavy (non-hydrogen) atoms. The molecule has 2 aromatic rings. The molecule has 106 valence electrons. The quantitative estimate of drug-likeness (QED) is 0.866. The van der Waals surface area contributed by atoms with Gasteiger partial charge in [0.1, 0.15) is 11.6 Å². The van der Waals surface area contributed by atoms with Crippen molar-refractivity contribution < 1.29 is 14.2 Å². The van der Waals surface area contributed by atoms with Gasteiger partial charge in [0, 0.05) is 11.6 Å². The molecule has 2 aromatic carbocycles. The fraction of sp³-hybridized carbons (Fsp3) is 0.294. The average molecular weight is 274 g/mol. The van der Waals surface area contributed by atoms with E-state index in [4.69, 9.17) is 4.74 Å². The molecular weight excluding hydrogens is 255 g/mol. The Balaban J connectivity index is 1.90. The first-order valence-electron chi connectivity index (χ1n) is 6.76. The van der Waals surface area contributed by atoms with E-state index in [0.29, 0.717) is 17.7 Å². The van der Waals surface area contributed by atoms with Gasteiger partial charge in [-0.1, -0.05) is 30.3 Å². The summed E-state index contributed by atoms with van der Waals surface area (Å²) < 4.78 is 18.7. The second kappa shape index (κ2) is 7.06. The van der Waals surface area contributed by atoms with Crippen LogP contribution in [0.2, 0.25) is 0 Å². The largest absolute Gasteiger partial charge is 0.497 e. The minimum Gasteiger partial charge on any atom is -0.497 e. The molecule has 0 bridgehead atoms. The van der Waals surface area contributed by atoms with Crippen LogP contribution in [0.4, 0.5) is 4.39 Å². The molecular formula is C17H19FO2. The molecule has 0 heterocycles. The number of aliphatic hydroxyl groups is 1. The molecule has 3 heteroatoms. The van der Waals surface area contributed by atoms with Gasteiger partial charge in [0.2, 0.25) is 0 Å². The molecule has 0 aromatic heterocycles. The normalized spacial score (nSPS) is 12.2. The van der Waals surface area contributed by atoms with Gasteiger partial charge in [-0.2, -0.15) is 0 Å². The van der Waals surface area contributed by atoms with Crippen LogP contribution in [0.25, 0.3) is 0 Å². The van der Waals surface area contributed by atoms with Gasteiger partial charge >= 0.3 is 0 Å². The number of ether oxygens (including phenoxy) is 1. The molecule has 1 unspecified atom stereocenters. The summed E-state index contributed by atoms with van der Waals surface area (Å²) in [6.07, 6.45) is 1.47. The van der Waals surface area contributed by atoms with E-state index in [1.165, 1.54) is 18.7 Å². The van der Waals surface area contributed by atoms with Crippen LogP contribution < -0.4 is 4.74 Å². The summed E-state index contributed by atoms with van der Waals surface area (Å²) in [6.45, 7) is 0. The minimum absolute atomic E-state index is 0.332. The minimum atomic E-state index is -0.774. The molecule has 0 aliphatic heterocycles. The van der Waals surface area contributed by atoms with Crippen molar-refractivity contribution >= 4 is 0 Å². The third-order valence-corrected chi connectivity index (χ3v) is 3.35. The standard InChI is InChI=1S/C17H19FO2/c1-20-14-10-11-15(16(18)12-14)17(19)9-5-8-13-6-3-2-4-7-13/h2-4,6-7,10-12,17,19H,5,8-9H2,1H3. The number of hydrogen-bond donors (Lipinski definition) is 1. The monoisotopic (exact) mass is 274 g/mol. The van der Waals surface area contributed by atoms with E-state index >= 15 is 0 Å². The van der Waals surface area contributed by atoms with Gasteiger partial charge in [-0.3, -0.25) is 0 Å². The predicted molar refractivity (Wildman–Crippen MR) is 77.3 cm³/mol. The lowest BCUT2D eigenvalue weighted by Crippen LogP contribution is -2.02. The SMILES string of the molecule is COc1ccc(C(O)CCCc2ccccc2)c(F)c1. The average Bonchev–Trinajstić information content (AvgIpc) is 2.48. The van der Waals surface area contributed by atoms with Crippen LogP contribution in [-0.4, -0.2) is 12.2 Å². The smallest absolute Gasteiger partial charge is 0.132 e. The maximum absolute atomic E-state index is 13.8. The van der Waals surface area contributed by atoms with E-state index in [9.17, 15) is 9.50 Å². The molecule has 0 saturated heterocycles. The fourth-order valence-corrected chi connectivity index (χ4v) is 2.20. The highest BCUT2D eigenvalue weighted by atomic mass is 19.1. The molecule has 0 saturated carbocycles. The number of halogens is 1. The third kappa shape index (κ3) is 3.81. The van der Waals surface area contributed by atoms with Crippen molar-refractivity contribution in [2.75, 3.05) is 7.11 Å². The summed E-state index contributed by atoms with van der Waals surface area (Å²) in [4.78, 5) is 0. The van der Waals surface area contributed by atoms with Crippen molar-refractivity contribution in [1.82, 2.24) is 0 Å². The van der Waals surface area contributed by atoms with Crippen LogP contribution in [-0.2, 0) is 6.42 Å². The number of benzene rings is 2. The molecule has 1 atom stereocenters. The summed E-state index contributed by atoms with van der Waals surface area (Å²) in [5, 5.41) is 10.1. The highest BCUT2D eigenvalue weighted by Gasteiger charge is 2.13. The Kier molecular flexibility index (Phi) is 5.13. The fourth-order valence-electron chi connectivity index (χ4n) is 2.20. The molecule has 2 nitrogen and oxygen atoms in total. The van der Waals surface area contributed by atoms with Crippen LogP contribution in [0.15, 0.2) is 48.5 Å². The Labute approximate surface area is 118 Å². The van der Waals surface area contributed by atoms with Crippen molar-refractivity contribution in [3.63, 3.8) is 0 Å². The van der Waals surface area contributed by atoms with Gasteiger partial charge < -0.3 is 9.84 Å². The first kappa shape index (κ1) is 14.5. The Morgan fingerprint density at radius 3 is 2.55 bits per heavy atom. The highest BCUT2D eigenvalue weighted by molar-refractivity contribution is 5.30. The van der Waals surface area contributed by atoms with Gasteiger partial charge in [0.15, 0.2) is 0 Å². The lowest BCUT2D eigenvalue weighted by molar-refractivity contribution is 0.160. The highest BCUT2D eigenvalue weighted by Crippen LogP contribution is 2.25. The molecule has 0 aliphatic rings. The molecule has 0 amide bonds. The molecule has 1 N–H and O–H groups in total. The summed E-state index contributed by atoms with van der Waals surface area (Å²) in [6, 6.07) is 14.6. The predicted octanol–water partition coefficient (Wildman–Crippen LogP) is 3.89. The van der Waals surface area contributed by atoms with E-state index in [0.717, 1.165) is 12.8 Å². The third-order valence-electron chi connectivity index (χ3n) is 3.35. The van der Waals surface area contributed by atoms with Crippen molar-refractivity contribution in [3.05, 3.63) is 65.5 Å². The van der Waals surface area contributed by atoms with Crippen molar-refractivity contribution in [3.8, 4) is 5.75 Å². The Hall–Kier alpha value is -1.87. The Morgan fingerprint density at radius 1 is 1.15 bits per heavy atom. The number of aliphatic hydroxyl groups excluding tert-OH is 1. The molecule has 0 aliphatic carbocycles. The first-order valence-corrected chi connectivity index (χ1v) is 6.76. The number of aryl methyl sites for hydroxylation is 1. The lowest BCUT2D eigenvalue weighted by Gasteiger charge is -2.12. The van der Waals surface area contributed by atoms with Gasteiger partial charge in [-0.05, 0) is 37.0 Å². The molecule has 0 radical (unpaired) electrons. The summed E-state index contributed by atoms with van der Waals surface area (Å²) in [5.41, 5.74) is 1.56. The zero-order valence-corrected chi connectivity index (χ0v) is 11.6. The van der Waals surface area contributed by atoms with Gasteiger partial charge in [-0.25, -0.2) is 4.39 Å². The topological polar surface area (TPSA) is 29.5 Å². The van der Waals surface area contributed by atoms with E-state index in [1.54, 1.807) is 12.1 Å². The Bertz CT molecular complexity index is 540. The maximum Gasteiger partial charge on any atom is 0.132 e. The van der Waals surface area contributed by atoms with Crippen LogP contribution in [0, 0.1) is 5.82 Å². The second-order valence-corrected chi connectivity index (χ2v) is 4.78. The lowest BCUT2D eigenvalue weighted by atomic mass is 10.0.